The Morgan fingerprint density at radius 2 is 1.70 bits per heavy atom. The van der Waals surface area contributed by atoms with Crippen LogP contribution in [0.25, 0.3) is 32.0 Å². The number of hydrogen-bond acceptors (Lipinski definition) is 13. The number of carbonyl (C=O) groups excluding carboxylic acids is 4. The average Bonchev–Trinajstić information content (AvgIpc) is 4.13. The molecule has 9 rings (SSSR count). The third-order valence-electron chi connectivity index (χ3n) is 11.5. The van der Waals surface area contributed by atoms with E-state index in [4.69, 9.17) is 19.7 Å². The summed E-state index contributed by atoms with van der Waals surface area (Å²) in [5.41, 5.74) is 1.52. The van der Waals surface area contributed by atoms with Gasteiger partial charge in [0.15, 0.2) is 5.69 Å². The van der Waals surface area contributed by atoms with Gasteiger partial charge in [-0.15, -0.1) is 11.3 Å². The minimum atomic E-state index is -3.92. The number of nitrogens with zero attached hydrogens (tertiary/aromatic N) is 6. The van der Waals surface area contributed by atoms with Gasteiger partial charge in [-0.1, -0.05) is 49.3 Å². The quantitative estimate of drug-likeness (QED) is 0.188. The zero-order valence-electron chi connectivity index (χ0n) is 32.7. The lowest BCUT2D eigenvalue weighted by Gasteiger charge is -2.29. The maximum Gasteiger partial charge on any atom is 0.272 e. The van der Waals surface area contributed by atoms with Crippen LogP contribution in [-0.2, 0) is 24.4 Å². The highest BCUT2D eigenvalue weighted by Gasteiger charge is 2.62. The number of sulfonamides is 1. The Morgan fingerprint density at radius 3 is 2.45 bits per heavy atom. The molecular formula is C42H43N9O7S2. The van der Waals surface area contributed by atoms with Gasteiger partial charge in [0.2, 0.25) is 27.7 Å². The number of allylic oxidation sites excluding steroid dienone is 1. The fourth-order valence-electron chi connectivity index (χ4n) is 7.93. The molecule has 3 fully saturated rings. The maximum atomic E-state index is 14.8. The molecule has 310 valence electrons. The Morgan fingerprint density at radius 1 is 0.933 bits per heavy atom. The summed E-state index contributed by atoms with van der Waals surface area (Å²) in [6.07, 6.45) is 10.0. The Kier molecular flexibility index (Phi) is 10.5. The predicted octanol–water partition coefficient (Wildman–Crippen LogP) is 4.16. The molecule has 0 bridgehead atoms. The molecule has 5 heterocycles. The summed E-state index contributed by atoms with van der Waals surface area (Å²) in [5, 5.41) is 5.69. The Bertz CT molecular complexity index is 2620. The molecule has 0 radical (unpaired) electrons. The molecule has 1 saturated heterocycles. The number of fused-ring (bicyclic) bond motifs is 4. The van der Waals surface area contributed by atoms with Crippen molar-refractivity contribution in [2.45, 2.75) is 93.7 Å². The molecule has 16 nitrogen and oxygen atoms in total. The van der Waals surface area contributed by atoms with E-state index in [1.54, 1.807) is 6.92 Å². The first-order valence-corrected chi connectivity index (χ1v) is 22.6. The smallest absolute Gasteiger partial charge is 0.272 e. The van der Waals surface area contributed by atoms with Crippen LogP contribution in [0.2, 0.25) is 0 Å². The molecule has 4 aliphatic rings. The van der Waals surface area contributed by atoms with Crippen molar-refractivity contribution in [3.05, 3.63) is 84.5 Å². The third kappa shape index (κ3) is 8.04. The Hall–Kier alpha value is -5.88. The van der Waals surface area contributed by atoms with E-state index in [-0.39, 0.29) is 37.4 Å². The predicted molar refractivity (Wildman–Crippen MR) is 222 cm³/mol. The van der Waals surface area contributed by atoms with Crippen molar-refractivity contribution in [3.63, 3.8) is 0 Å². The number of para-hydroxylation sites is 3. The normalized spacial score (nSPS) is 25.3. The zero-order valence-corrected chi connectivity index (χ0v) is 34.4. The van der Waals surface area contributed by atoms with Crippen molar-refractivity contribution in [1.29, 1.82) is 0 Å². The summed E-state index contributed by atoms with van der Waals surface area (Å²) in [4.78, 5) is 81.2. The molecule has 4 amide bonds. The molecule has 3 aromatic heterocycles. The van der Waals surface area contributed by atoms with Gasteiger partial charge >= 0.3 is 0 Å². The minimum Gasteiger partial charge on any atom is -0.471 e. The van der Waals surface area contributed by atoms with Gasteiger partial charge in [0.05, 0.1) is 44.9 Å². The second-order valence-electron chi connectivity index (χ2n) is 15.9. The van der Waals surface area contributed by atoms with Crippen LogP contribution in [0.1, 0.15) is 74.0 Å². The molecule has 5 atom stereocenters. The number of benzene rings is 2. The first-order valence-electron chi connectivity index (χ1n) is 20.2. The minimum absolute atomic E-state index is 0.00591. The highest BCUT2D eigenvalue weighted by atomic mass is 32.2. The van der Waals surface area contributed by atoms with Crippen LogP contribution in [0.5, 0.6) is 5.88 Å². The van der Waals surface area contributed by atoms with E-state index >= 15 is 0 Å². The van der Waals surface area contributed by atoms with Gasteiger partial charge in [-0.3, -0.25) is 28.9 Å². The largest absolute Gasteiger partial charge is 0.471 e. The number of carbonyl (C=O) groups is 4. The third-order valence-corrected chi connectivity index (χ3v) is 14.3. The second kappa shape index (κ2) is 15.9. The number of nitrogens with one attached hydrogen (secondary N) is 3. The Labute approximate surface area is 349 Å². The highest BCUT2D eigenvalue weighted by molar-refractivity contribution is 7.91. The van der Waals surface area contributed by atoms with Crippen molar-refractivity contribution >= 4 is 66.2 Å². The van der Waals surface area contributed by atoms with Gasteiger partial charge in [0, 0.05) is 18.5 Å². The van der Waals surface area contributed by atoms with E-state index in [9.17, 15) is 27.6 Å². The highest BCUT2D eigenvalue weighted by Crippen LogP contribution is 2.46. The molecule has 2 aromatic carbocycles. The van der Waals surface area contributed by atoms with Gasteiger partial charge in [-0.25, -0.2) is 28.4 Å². The molecule has 18 heteroatoms. The van der Waals surface area contributed by atoms with Crippen molar-refractivity contribution in [1.82, 2.24) is 45.2 Å². The summed E-state index contributed by atoms with van der Waals surface area (Å²) in [6, 6.07) is 12.9. The molecule has 3 N–H and O–H groups in total. The molecule has 2 saturated carbocycles. The van der Waals surface area contributed by atoms with Gasteiger partial charge in [-0.05, 0) is 69.7 Å². The van der Waals surface area contributed by atoms with Crippen LogP contribution >= 0.6 is 11.3 Å². The van der Waals surface area contributed by atoms with Gasteiger partial charge in [-0.2, -0.15) is 0 Å². The van der Waals surface area contributed by atoms with Crippen LogP contribution in [0, 0.1) is 12.8 Å². The number of thiazole rings is 1. The molecule has 2 aliphatic carbocycles. The lowest BCUT2D eigenvalue weighted by Crippen LogP contribution is -2.58. The zero-order chi connectivity index (χ0) is 41.6. The summed E-state index contributed by atoms with van der Waals surface area (Å²) in [6.45, 7) is 1.68. The van der Waals surface area contributed by atoms with E-state index in [2.05, 4.69) is 25.3 Å². The first kappa shape index (κ1) is 39.6. The Balaban J connectivity index is 1.06. The molecule has 0 unspecified atom stereocenters. The van der Waals surface area contributed by atoms with Gasteiger partial charge in [0.25, 0.3) is 11.8 Å². The van der Waals surface area contributed by atoms with E-state index in [0.717, 1.165) is 23.1 Å². The fraction of sp³-hybridized carbons (Fsp3) is 0.405. The van der Waals surface area contributed by atoms with Gasteiger partial charge < -0.3 is 20.3 Å². The average molecular weight is 850 g/mol. The summed E-state index contributed by atoms with van der Waals surface area (Å²) < 4.78 is 35.7. The van der Waals surface area contributed by atoms with Crippen LogP contribution < -0.4 is 20.1 Å². The van der Waals surface area contributed by atoms with Crippen molar-refractivity contribution in [2.24, 2.45) is 5.92 Å². The second-order valence-corrected chi connectivity index (χ2v) is 18.9. The number of aromatic nitrogens is 5. The molecule has 0 spiro atoms. The number of ether oxygens (including phenoxy) is 1. The fourth-order valence-corrected chi connectivity index (χ4v) is 10.2. The van der Waals surface area contributed by atoms with Gasteiger partial charge in [0.1, 0.15) is 34.4 Å². The lowest BCUT2D eigenvalue weighted by molar-refractivity contribution is -0.141. The van der Waals surface area contributed by atoms with E-state index < -0.39 is 68.5 Å². The molecule has 60 heavy (non-hydrogen) atoms. The summed E-state index contributed by atoms with van der Waals surface area (Å²) in [5.74, 6) is -2.84. The van der Waals surface area contributed by atoms with Crippen LogP contribution in [0.4, 0.5) is 0 Å². The van der Waals surface area contributed by atoms with Crippen molar-refractivity contribution in [2.75, 3.05) is 6.54 Å². The molecule has 2 aliphatic heterocycles. The number of hydrogen-bond donors (Lipinski definition) is 3. The van der Waals surface area contributed by atoms with Crippen LogP contribution in [0.15, 0.2) is 73.1 Å². The van der Waals surface area contributed by atoms with Crippen molar-refractivity contribution in [3.8, 4) is 16.6 Å². The maximum absolute atomic E-state index is 14.8. The molecule has 5 aromatic rings. The SMILES string of the molecule is Cc1cnc(C(=O)N[C@H]2CCCCC/C=C\[C@H]3C[C@@]3(C(=O)NS(=O)(=O)C3CC3)NC(=O)[C@@H]3C[C@@H](Oc4nc5ccccc5nc4-c4nc5ccccc5s4)CN3C2=O)cn1. The first-order chi connectivity index (χ1) is 29.0. The molecular weight excluding hydrogens is 807 g/mol. The van der Waals surface area contributed by atoms with Crippen LogP contribution in [-0.4, -0.2) is 97.4 Å². The number of aryl methyl sites for hydroxylation is 1. The summed E-state index contributed by atoms with van der Waals surface area (Å²) in [7, 11) is -3.92. The standard InChI is InChI=1S/C42H43N9O7S2/c1-24-21-44-32(22-43-24)36(52)46-31-15-6-4-2-3-5-11-25-20-42(25,41(55)50-60(56,57)27-17-18-27)49-37(53)33-19-26(23-51(33)40(31)54)58-38-35(45-28-12-7-8-13-29(28)47-38)39-48-30-14-9-10-16-34(30)59-39/h5,7-14,16,21-22,25-27,31,33H,2-4,6,15,17-20,23H2,1H3,(H,46,52)(H,49,53)(H,50,55)/b11-5-/t25-,26+,31-,33-,42+/m0/s1. The number of rotatable bonds is 8. The van der Waals surface area contributed by atoms with E-state index in [1.165, 1.54) is 28.6 Å². The summed E-state index contributed by atoms with van der Waals surface area (Å²) >= 11 is 1.43. The van der Waals surface area contributed by atoms with Crippen LogP contribution in [0.3, 0.4) is 0 Å². The topological polar surface area (TPSA) is 215 Å². The van der Waals surface area contributed by atoms with E-state index in [1.807, 2.05) is 60.7 Å². The lowest BCUT2D eigenvalue weighted by atomic mass is 10.0. The monoisotopic (exact) mass is 849 g/mol. The number of amides is 4. The van der Waals surface area contributed by atoms with E-state index in [0.29, 0.717) is 53.1 Å². The van der Waals surface area contributed by atoms with Crippen molar-refractivity contribution < 1.29 is 32.3 Å².